The molecule has 0 aromatic carbocycles. The number of aromatic nitrogens is 1. The highest BCUT2D eigenvalue weighted by atomic mass is 16.2. The van der Waals surface area contributed by atoms with Crippen molar-refractivity contribution in [2.45, 2.75) is 20.8 Å². The first kappa shape index (κ1) is 15.5. The third-order valence-corrected chi connectivity index (χ3v) is 4.15. The minimum absolute atomic E-state index is 0.0827. The summed E-state index contributed by atoms with van der Waals surface area (Å²) < 4.78 is 0. The summed E-state index contributed by atoms with van der Waals surface area (Å²) in [6, 6.07) is 5.04. The molecule has 0 bridgehead atoms. The van der Waals surface area contributed by atoms with E-state index < -0.39 is 0 Å². The molecular formula is C16H23N3O2. The Hall–Kier alpha value is -1.91. The Morgan fingerprint density at radius 1 is 1.33 bits per heavy atom. The van der Waals surface area contributed by atoms with E-state index in [1.807, 2.05) is 6.92 Å². The summed E-state index contributed by atoms with van der Waals surface area (Å²) in [5.74, 6) is 0.926. The van der Waals surface area contributed by atoms with Crippen LogP contribution in [0.3, 0.4) is 0 Å². The zero-order valence-electron chi connectivity index (χ0n) is 13.2. The second-order valence-electron chi connectivity index (χ2n) is 5.94. The van der Waals surface area contributed by atoms with Gasteiger partial charge in [-0.25, -0.2) is 4.98 Å². The molecule has 0 spiro atoms. The number of nitrogens with zero attached hydrogens (tertiary/aromatic N) is 3. The monoisotopic (exact) mass is 289 g/mol. The molecule has 0 radical (unpaired) electrons. The average molecular weight is 289 g/mol. The lowest BCUT2D eigenvalue weighted by Gasteiger charge is -2.41. The van der Waals surface area contributed by atoms with Crippen molar-refractivity contribution in [3.8, 4) is 0 Å². The number of pyridine rings is 1. The largest absolute Gasteiger partial charge is 0.341 e. The molecule has 2 rings (SSSR count). The molecule has 1 fully saturated rings. The molecule has 0 N–H and O–H groups in total. The van der Waals surface area contributed by atoms with Crippen LogP contribution < -0.4 is 0 Å². The summed E-state index contributed by atoms with van der Waals surface area (Å²) in [4.78, 5) is 32.0. The first-order valence-electron chi connectivity index (χ1n) is 7.45. The van der Waals surface area contributed by atoms with Gasteiger partial charge < -0.3 is 9.80 Å². The van der Waals surface area contributed by atoms with Gasteiger partial charge in [-0.2, -0.15) is 0 Å². The molecular weight excluding hydrogens is 266 g/mol. The lowest BCUT2D eigenvalue weighted by Crippen LogP contribution is -2.52. The Kier molecular flexibility index (Phi) is 4.60. The van der Waals surface area contributed by atoms with Crippen molar-refractivity contribution in [2.75, 3.05) is 26.7 Å². The maximum atomic E-state index is 12.3. The van der Waals surface area contributed by atoms with Gasteiger partial charge in [0.15, 0.2) is 0 Å². The maximum Gasteiger partial charge on any atom is 0.272 e. The Morgan fingerprint density at radius 3 is 2.52 bits per heavy atom. The molecule has 21 heavy (non-hydrogen) atoms. The fourth-order valence-corrected chi connectivity index (χ4v) is 2.27. The Bertz CT molecular complexity index is 536. The van der Waals surface area contributed by atoms with Gasteiger partial charge in [-0.3, -0.25) is 9.59 Å². The van der Waals surface area contributed by atoms with Crippen LogP contribution in [0.15, 0.2) is 18.2 Å². The van der Waals surface area contributed by atoms with Crippen molar-refractivity contribution in [1.82, 2.24) is 14.8 Å². The van der Waals surface area contributed by atoms with Crippen LogP contribution in [0.4, 0.5) is 0 Å². The van der Waals surface area contributed by atoms with Crippen LogP contribution in [0.2, 0.25) is 0 Å². The van der Waals surface area contributed by atoms with Gasteiger partial charge in [-0.1, -0.05) is 19.9 Å². The molecule has 2 heterocycles. The fraction of sp³-hybridized carbons (Fsp3) is 0.562. The highest BCUT2D eigenvalue weighted by Gasteiger charge is 2.33. The maximum absolute atomic E-state index is 12.3. The molecule has 2 amide bonds. The van der Waals surface area contributed by atoms with Gasteiger partial charge in [0.05, 0.1) is 0 Å². The van der Waals surface area contributed by atoms with Crippen LogP contribution >= 0.6 is 0 Å². The fourth-order valence-electron chi connectivity index (χ4n) is 2.27. The standard InChI is InChI=1S/C16H23N3O2/c1-5-18(4)15(20)13-7-6-8-14(17-13)16(21)19-9-12(10-19)11(2)3/h6-8,11-12H,5,9-10H2,1-4H3. The van der Waals surface area contributed by atoms with E-state index >= 15 is 0 Å². The van der Waals surface area contributed by atoms with Gasteiger partial charge >= 0.3 is 0 Å². The molecule has 1 aliphatic rings. The van der Waals surface area contributed by atoms with Gasteiger partial charge in [-0.05, 0) is 30.9 Å². The lowest BCUT2D eigenvalue weighted by molar-refractivity contribution is 0.0401. The average Bonchev–Trinajstić information content (AvgIpc) is 2.43. The minimum atomic E-state index is -0.157. The number of carbonyl (C=O) groups excluding carboxylic acids is 2. The van der Waals surface area contributed by atoms with Crippen molar-refractivity contribution in [2.24, 2.45) is 11.8 Å². The summed E-state index contributed by atoms with van der Waals surface area (Å²) in [6.45, 7) is 8.42. The van der Waals surface area contributed by atoms with Crippen LogP contribution in [0.5, 0.6) is 0 Å². The first-order valence-corrected chi connectivity index (χ1v) is 7.45. The third kappa shape index (κ3) is 3.23. The van der Waals surface area contributed by atoms with Gasteiger partial charge in [-0.15, -0.1) is 0 Å². The molecule has 0 aliphatic carbocycles. The van der Waals surface area contributed by atoms with Crippen LogP contribution in [0.25, 0.3) is 0 Å². The number of hydrogen-bond acceptors (Lipinski definition) is 3. The van der Waals surface area contributed by atoms with E-state index in [2.05, 4.69) is 18.8 Å². The molecule has 0 saturated carbocycles. The molecule has 114 valence electrons. The SMILES string of the molecule is CCN(C)C(=O)c1cccc(C(=O)N2CC(C(C)C)C2)n1. The van der Waals surface area contributed by atoms with E-state index in [1.54, 1.807) is 35.0 Å². The summed E-state index contributed by atoms with van der Waals surface area (Å²) >= 11 is 0. The van der Waals surface area contributed by atoms with Crippen LogP contribution in [0, 0.1) is 11.8 Å². The Labute approximate surface area is 126 Å². The Morgan fingerprint density at radius 2 is 1.95 bits per heavy atom. The van der Waals surface area contributed by atoms with Crippen molar-refractivity contribution < 1.29 is 9.59 Å². The van der Waals surface area contributed by atoms with Crippen molar-refractivity contribution in [3.63, 3.8) is 0 Å². The summed E-state index contributed by atoms with van der Waals surface area (Å²) in [6.07, 6.45) is 0. The van der Waals surface area contributed by atoms with Gasteiger partial charge in [0.1, 0.15) is 11.4 Å². The molecule has 5 heteroatoms. The van der Waals surface area contributed by atoms with Crippen LogP contribution in [-0.4, -0.2) is 53.3 Å². The lowest BCUT2D eigenvalue weighted by atomic mass is 9.88. The quantitative estimate of drug-likeness (QED) is 0.850. The normalized spacial score (nSPS) is 15.0. The number of rotatable bonds is 4. The summed E-state index contributed by atoms with van der Waals surface area (Å²) in [5, 5.41) is 0. The predicted molar refractivity (Wildman–Crippen MR) is 81.1 cm³/mol. The molecule has 1 aliphatic heterocycles. The topological polar surface area (TPSA) is 53.5 Å². The second-order valence-corrected chi connectivity index (χ2v) is 5.94. The zero-order chi connectivity index (χ0) is 15.6. The number of likely N-dealkylation sites (tertiary alicyclic amines) is 1. The predicted octanol–water partition coefficient (Wildman–Crippen LogP) is 1.90. The first-order chi connectivity index (χ1) is 9.93. The summed E-state index contributed by atoms with van der Waals surface area (Å²) in [7, 11) is 1.72. The molecule has 5 nitrogen and oxygen atoms in total. The van der Waals surface area contributed by atoms with Crippen LogP contribution in [0.1, 0.15) is 41.7 Å². The smallest absolute Gasteiger partial charge is 0.272 e. The number of carbonyl (C=O) groups is 2. The van der Waals surface area contributed by atoms with Gasteiger partial charge in [0, 0.05) is 26.7 Å². The number of hydrogen-bond donors (Lipinski definition) is 0. The van der Waals surface area contributed by atoms with E-state index in [4.69, 9.17) is 0 Å². The molecule has 1 saturated heterocycles. The van der Waals surface area contributed by atoms with E-state index in [0.29, 0.717) is 29.8 Å². The third-order valence-electron chi connectivity index (χ3n) is 4.15. The molecule has 1 aromatic heterocycles. The molecule has 0 atom stereocenters. The van der Waals surface area contributed by atoms with Crippen LogP contribution in [-0.2, 0) is 0 Å². The van der Waals surface area contributed by atoms with E-state index in [1.165, 1.54) is 0 Å². The molecule has 1 aromatic rings. The Balaban J connectivity index is 2.08. The second kappa shape index (κ2) is 6.24. The minimum Gasteiger partial charge on any atom is -0.341 e. The van der Waals surface area contributed by atoms with Crippen molar-refractivity contribution in [3.05, 3.63) is 29.6 Å². The highest BCUT2D eigenvalue weighted by Crippen LogP contribution is 2.24. The van der Waals surface area contributed by atoms with E-state index in [9.17, 15) is 9.59 Å². The van der Waals surface area contributed by atoms with Crippen molar-refractivity contribution >= 4 is 11.8 Å². The number of amides is 2. The van der Waals surface area contributed by atoms with E-state index in [0.717, 1.165) is 13.1 Å². The summed E-state index contributed by atoms with van der Waals surface area (Å²) in [5.41, 5.74) is 0.679. The molecule has 0 unspecified atom stereocenters. The zero-order valence-corrected chi connectivity index (χ0v) is 13.2. The van der Waals surface area contributed by atoms with Crippen molar-refractivity contribution in [1.29, 1.82) is 0 Å². The highest BCUT2D eigenvalue weighted by molar-refractivity contribution is 5.96. The van der Waals surface area contributed by atoms with Gasteiger partial charge in [0.25, 0.3) is 11.8 Å². The van der Waals surface area contributed by atoms with E-state index in [-0.39, 0.29) is 11.8 Å². The van der Waals surface area contributed by atoms with Gasteiger partial charge in [0.2, 0.25) is 0 Å².